The third-order valence-corrected chi connectivity index (χ3v) is 5.88. The lowest BCUT2D eigenvalue weighted by Crippen LogP contribution is -2.49. The van der Waals surface area contributed by atoms with Gasteiger partial charge in [-0.05, 0) is 54.3 Å². The molecule has 31 heavy (non-hydrogen) atoms. The Morgan fingerprint density at radius 2 is 1.87 bits per heavy atom. The van der Waals surface area contributed by atoms with Crippen molar-refractivity contribution >= 4 is 5.91 Å². The van der Waals surface area contributed by atoms with E-state index in [1.165, 1.54) is 17.5 Å². The summed E-state index contributed by atoms with van der Waals surface area (Å²) < 4.78 is 1.70. The van der Waals surface area contributed by atoms with E-state index in [0.29, 0.717) is 12.0 Å². The largest absolute Gasteiger partial charge is 0.340 e. The highest BCUT2D eigenvalue weighted by Gasteiger charge is 2.21. The van der Waals surface area contributed by atoms with Crippen molar-refractivity contribution in [1.82, 2.24) is 24.6 Å². The molecule has 0 unspecified atom stereocenters. The van der Waals surface area contributed by atoms with Crippen LogP contribution in [0.15, 0.2) is 55.1 Å². The number of aromatic nitrogens is 3. The van der Waals surface area contributed by atoms with Crippen molar-refractivity contribution < 1.29 is 4.79 Å². The number of amides is 1. The van der Waals surface area contributed by atoms with E-state index in [4.69, 9.17) is 5.26 Å². The molecule has 2 aromatic carbocycles. The van der Waals surface area contributed by atoms with Gasteiger partial charge in [-0.1, -0.05) is 18.2 Å². The molecule has 4 rings (SSSR count). The maximum atomic E-state index is 12.7. The molecule has 1 amide bonds. The first kappa shape index (κ1) is 20.8. The van der Waals surface area contributed by atoms with Crippen molar-refractivity contribution in [3.8, 4) is 11.8 Å². The van der Waals surface area contributed by atoms with E-state index in [0.717, 1.165) is 50.4 Å². The molecule has 0 bridgehead atoms. The highest BCUT2D eigenvalue weighted by atomic mass is 16.2. The minimum Gasteiger partial charge on any atom is -0.340 e. The maximum absolute atomic E-state index is 12.7. The summed E-state index contributed by atoms with van der Waals surface area (Å²) in [7, 11) is 0. The third kappa shape index (κ3) is 5.16. The Hall–Kier alpha value is -3.50. The molecule has 1 aliphatic heterocycles. The fourth-order valence-corrected chi connectivity index (χ4v) is 3.90. The number of carbonyl (C=O) groups is 1. The molecule has 7 nitrogen and oxygen atoms in total. The normalized spacial score (nSPS) is 14.4. The van der Waals surface area contributed by atoms with Gasteiger partial charge in [-0.15, -0.1) is 0 Å². The van der Waals surface area contributed by atoms with Crippen molar-refractivity contribution in [2.75, 3.05) is 32.7 Å². The van der Waals surface area contributed by atoms with Gasteiger partial charge in [-0.2, -0.15) is 10.4 Å². The van der Waals surface area contributed by atoms with Crippen LogP contribution in [0.1, 0.15) is 22.3 Å². The van der Waals surface area contributed by atoms with Crippen LogP contribution in [0.3, 0.4) is 0 Å². The number of hydrogen-bond donors (Lipinski definition) is 0. The quantitative estimate of drug-likeness (QED) is 0.619. The van der Waals surface area contributed by atoms with Gasteiger partial charge in [0.2, 0.25) is 5.91 Å². The number of hydrogen-bond acceptors (Lipinski definition) is 5. The molecule has 0 atom stereocenters. The monoisotopic (exact) mass is 414 g/mol. The fourth-order valence-electron chi connectivity index (χ4n) is 3.90. The van der Waals surface area contributed by atoms with E-state index in [2.05, 4.69) is 28.0 Å². The van der Waals surface area contributed by atoms with Crippen LogP contribution in [0.4, 0.5) is 0 Å². The Bertz CT molecular complexity index is 1060. The third-order valence-electron chi connectivity index (χ3n) is 5.88. The van der Waals surface area contributed by atoms with Gasteiger partial charge in [-0.3, -0.25) is 9.69 Å². The summed E-state index contributed by atoms with van der Waals surface area (Å²) in [6.45, 7) is 6.31. The molecular weight excluding hydrogens is 388 g/mol. The minimum absolute atomic E-state index is 0.172. The number of benzene rings is 2. The summed E-state index contributed by atoms with van der Waals surface area (Å²) in [4.78, 5) is 21.0. The lowest BCUT2D eigenvalue weighted by atomic mass is 10.0. The van der Waals surface area contributed by atoms with E-state index in [-0.39, 0.29) is 5.91 Å². The second-order valence-electron chi connectivity index (χ2n) is 7.91. The van der Waals surface area contributed by atoms with Gasteiger partial charge in [-0.25, -0.2) is 9.67 Å². The van der Waals surface area contributed by atoms with Gasteiger partial charge in [0.1, 0.15) is 12.7 Å². The van der Waals surface area contributed by atoms with Crippen LogP contribution >= 0.6 is 0 Å². The first-order valence-corrected chi connectivity index (χ1v) is 10.6. The predicted octanol–water partition coefficient (Wildman–Crippen LogP) is 2.38. The molecule has 0 saturated carbocycles. The number of aryl methyl sites for hydroxylation is 1. The molecule has 158 valence electrons. The summed E-state index contributed by atoms with van der Waals surface area (Å²) in [6.07, 6.45) is 4.49. The molecule has 1 fully saturated rings. The standard InChI is InChI=1S/C24H26N6O/c1-19-2-3-21(16-25)14-22(19)8-9-28-10-12-29(13-11-28)24(31)15-20-4-6-23(7-5-20)30-18-26-17-27-30/h2-7,14,17-18H,8-13,15H2,1H3. The summed E-state index contributed by atoms with van der Waals surface area (Å²) in [5, 5.41) is 13.2. The van der Waals surface area contributed by atoms with E-state index in [9.17, 15) is 4.79 Å². The van der Waals surface area contributed by atoms with Crippen molar-refractivity contribution in [3.63, 3.8) is 0 Å². The number of nitriles is 1. The number of nitrogens with zero attached hydrogens (tertiary/aromatic N) is 6. The Balaban J connectivity index is 1.25. The first-order valence-electron chi connectivity index (χ1n) is 10.6. The van der Waals surface area contributed by atoms with Gasteiger partial charge in [0.25, 0.3) is 0 Å². The number of rotatable bonds is 6. The Morgan fingerprint density at radius 1 is 1.10 bits per heavy atom. The zero-order valence-corrected chi connectivity index (χ0v) is 17.7. The van der Waals surface area contributed by atoms with E-state index < -0.39 is 0 Å². The van der Waals surface area contributed by atoms with E-state index in [1.807, 2.05) is 47.4 Å². The van der Waals surface area contributed by atoms with E-state index >= 15 is 0 Å². The highest BCUT2D eigenvalue weighted by Crippen LogP contribution is 2.14. The van der Waals surface area contributed by atoms with E-state index in [1.54, 1.807) is 11.0 Å². The Kier molecular flexibility index (Phi) is 6.39. The van der Waals surface area contributed by atoms with Crippen molar-refractivity contribution in [2.45, 2.75) is 19.8 Å². The topological polar surface area (TPSA) is 78.0 Å². The Morgan fingerprint density at radius 3 is 2.55 bits per heavy atom. The predicted molar refractivity (Wildman–Crippen MR) is 118 cm³/mol. The molecule has 2 heterocycles. The molecular formula is C24H26N6O. The van der Waals surface area contributed by atoms with Crippen LogP contribution in [0.25, 0.3) is 5.69 Å². The molecule has 3 aromatic rings. The summed E-state index contributed by atoms with van der Waals surface area (Å²) in [5.74, 6) is 0.172. The van der Waals surface area contributed by atoms with Gasteiger partial charge in [0, 0.05) is 32.7 Å². The number of carbonyl (C=O) groups excluding carboxylic acids is 1. The Labute approximate surface area is 182 Å². The summed E-state index contributed by atoms with van der Waals surface area (Å²) in [5.41, 5.74) is 5.10. The second kappa shape index (κ2) is 9.54. The van der Waals surface area contributed by atoms with Crippen molar-refractivity contribution in [2.24, 2.45) is 0 Å². The van der Waals surface area contributed by atoms with Gasteiger partial charge in [0.15, 0.2) is 0 Å². The van der Waals surface area contributed by atoms with Crippen LogP contribution < -0.4 is 0 Å². The lowest BCUT2D eigenvalue weighted by Gasteiger charge is -2.35. The minimum atomic E-state index is 0.172. The SMILES string of the molecule is Cc1ccc(C#N)cc1CCN1CCN(C(=O)Cc2ccc(-n3cncn3)cc2)CC1. The van der Waals surface area contributed by atoms with Crippen LogP contribution in [-0.2, 0) is 17.6 Å². The number of piperazine rings is 1. The molecule has 1 aliphatic rings. The first-order chi connectivity index (χ1) is 15.1. The molecule has 1 aromatic heterocycles. The smallest absolute Gasteiger partial charge is 0.227 e. The average Bonchev–Trinajstić information content (AvgIpc) is 3.34. The van der Waals surface area contributed by atoms with Crippen LogP contribution in [0.5, 0.6) is 0 Å². The zero-order valence-electron chi connectivity index (χ0n) is 17.7. The molecule has 0 spiro atoms. The van der Waals surface area contributed by atoms with Crippen LogP contribution in [0.2, 0.25) is 0 Å². The molecule has 7 heteroatoms. The van der Waals surface area contributed by atoms with Gasteiger partial charge >= 0.3 is 0 Å². The zero-order chi connectivity index (χ0) is 21.6. The average molecular weight is 415 g/mol. The fraction of sp³-hybridized carbons (Fsp3) is 0.333. The maximum Gasteiger partial charge on any atom is 0.227 e. The molecule has 0 N–H and O–H groups in total. The van der Waals surface area contributed by atoms with Gasteiger partial charge < -0.3 is 4.90 Å². The van der Waals surface area contributed by atoms with Crippen LogP contribution in [-0.4, -0.2) is 63.2 Å². The molecule has 0 radical (unpaired) electrons. The van der Waals surface area contributed by atoms with Crippen molar-refractivity contribution in [1.29, 1.82) is 5.26 Å². The second-order valence-corrected chi connectivity index (χ2v) is 7.91. The van der Waals surface area contributed by atoms with Crippen LogP contribution in [0, 0.1) is 18.3 Å². The summed E-state index contributed by atoms with van der Waals surface area (Å²) in [6, 6.07) is 16.0. The lowest BCUT2D eigenvalue weighted by molar-refractivity contribution is -0.132. The van der Waals surface area contributed by atoms with Crippen molar-refractivity contribution in [3.05, 3.63) is 77.4 Å². The van der Waals surface area contributed by atoms with Gasteiger partial charge in [0.05, 0.1) is 23.7 Å². The highest BCUT2D eigenvalue weighted by molar-refractivity contribution is 5.79. The molecule has 1 saturated heterocycles. The summed E-state index contributed by atoms with van der Waals surface area (Å²) >= 11 is 0. The molecule has 0 aliphatic carbocycles.